The van der Waals surface area contributed by atoms with Gasteiger partial charge in [0.1, 0.15) is 0 Å². The first kappa shape index (κ1) is 21.5. The van der Waals surface area contributed by atoms with Crippen LogP contribution in [-0.2, 0) is 19.6 Å². The number of nitrogens with one attached hydrogen (secondary N) is 1. The lowest BCUT2D eigenvalue weighted by molar-refractivity contribution is -0.118. The molecule has 1 fully saturated rings. The molecule has 3 aromatic rings. The van der Waals surface area contributed by atoms with Gasteiger partial charge in [0, 0.05) is 13.1 Å². The molecule has 2 heterocycles. The molecule has 0 saturated carbocycles. The first-order valence-corrected chi connectivity index (χ1v) is 11.8. The van der Waals surface area contributed by atoms with E-state index in [9.17, 15) is 13.2 Å². The number of carbonyl (C=O) groups excluding carboxylic acids is 1. The average Bonchev–Trinajstić information content (AvgIpc) is 3.19. The molecule has 11 heteroatoms. The van der Waals surface area contributed by atoms with E-state index in [2.05, 4.69) is 10.3 Å². The summed E-state index contributed by atoms with van der Waals surface area (Å²) in [7, 11) is -2.08. The summed E-state index contributed by atoms with van der Waals surface area (Å²) in [5.41, 5.74) is 0.604. The Morgan fingerprint density at radius 1 is 1.19 bits per heavy atom. The fourth-order valence-corrected chi connectivity index (χ4v) is 5.52. The summed E-state index contributed by atoms with van der Waals surface area (Å²) in [6, 6.07) is 11.8. The Morgan fingerprint density at radius 3 is 2.68 bits per heavy atom. The summed E-state index contributed by atoms with van der Waals surface area (Å²) in [5.74, 6) is 0.609. The fourth-order valence-electron chi connectivity index (χ4n) is 3.09. The van der Waals surface area contributed by atoms with Gasteiger partial charge in [-0.15, -0.1) is 0 Å². The molecule has 2 aromatic carbocycles. The molecular formula is C20H21N3O6S2. The Balaban J connectivity index is 1.45. The van der Waals surface area contributed by atoms with Gasteiger partial charge in [0.25, 0.3) is 5.91 Å². The number of amides is 1. The highest BCUT2D eigenvalue weighted by atomic mass is 32.2. The quantitative estimate of drug-likeness (QED) is 0.573. The molecule has 0 aliphatic carbocycles. The Labute approximate surface area is 183 Å². The van der Waals surface area contributed by atoms with Crippen LogP contribution in [0, 0.1) is 0 Å². The number of methoxy groups -OCH3 is 1. The summed E-state index contributed by atoms with van der Waals surface area (Å²) in [5, 5.41) is 3.05. The van der Waals surface area contributed by atoms with Crippen molar-refractivity contribution in [1.82, 2.24) is 9.29 Å². The number of nitrogens with zero attached hydrogens (tertiary/aromatic N) is 2. The van der Waals surface area contributed by atoms with E-state index in [-0.39, 0.29) is 17.4 Å². The third-order valence-electron chi connectivity index (χ3n) is 4.64. The van der Waals surface area contributed by atoms with Crippen molar-refractivity contribution in [3.8, 4) is 11.5 Å². The van der Waals surface area contributed by atoms with Crippen molar-refractivity contribution in [1.29, 1.82) is 0 Å². The van der Waals surface area contributed by atoms with Crippen molar-refractivity contribution in [2.45, 2.75) is 4.90 Å². The minimum Gasteiger partial charge on any atom is -0.493 e. The predicted octanol–water partition coefficient (Wildman–Crippen LogP) is 2.34. The van der Waals surface area contributed by atoms with Crippen molar-refractivity contribution in [3.63, 3.8) is 0 Å². The number of fused-ring (bicyclic) bond motifs is 1. The van der Waals surface area contributed by atoms with Crippen LogP contribution in [0.4, 0.5) is 5.13 Å². The number of benzene rings is 2. The molecule has 1 aromatic heterocycles. The number of rotatable bonds is 7. The number of hydrogen-bond acceptors (Lipinski definition) is 8. The molecule has 164 valence electrons. The maximum atomic E-state index is 12.8. The Kier molecular flexibility index (Phi) is 6.37. The van der Waals surface area contributed by atoms with Crippen LogP contribution in [0.3, 0.4) is 0 Å². The summed E-state index contributed by atoms with van der Waals surface area (Å²) in [6.07, 6.45) is 0. The van der Waals surface area contributed by atoms with Gasteiger partial charge in [0.05, 0.1) is 35.4 Å². The number of sulfonamides is 1. The molecule has 0 atom stereocenters. The highest BCUT2D eigenvalue weighted by Crippen LogP contribution is 2.30. The number of ether oxygens (including phenoxy) is 3. The van der Waals surface area contributed by atoms with Crippen LogP contribution in [0.1, 0.15) is 0 Å². The Bertz CT molecular complexity index is 1190. The fraction of sp³-hybridized carbons (Fsp3) is 0.300. The van der Waals surface area contributed by atoms with Crippen molar-refractivity contribution < 1.29 is 27.4 Å². The van der Waals surface area contributed by atoms with E-state index in [1.54, 1.807) is 36.4 Å². The number of thiazole rings is 1. The van der Waals surface area contributed by atoms with Crippen molar-refractivity contribution >= 4 is 42.6 Å². The molecule has 1 N–H and O–H groups in total. The summed E-state index contributed by atoms with van der Waals surface area (Å²) >= 11 is 1.20. The van der Waals surface area contributed by atoms with Crippen LogP contribution < -0.4 is 14.8 Å². The van der Waals surface area contributed by atoms with Crippen molar-refractivity contribution in [3.05, 3.63) is 42.5 Å². The van der Waals surface area contributed by atoms with E-state index in [4.69, 9.17) is 14.2 Å². The normalized spacial score (nSPS) is 15.0. The van der Waals surface area contributed by atoms with Gasteiger partial charge >= 0.3 is 0 Å². The molecule has 1 amide bonds. The summed E-state index contributed by atoms with van der Waals surface area (Å²) < 4.78 is 43.7. The number of morpholine rings is 1. The molecule has 31 heavy (non-hydrogen) atoms. The van der Waals surface area contributed by atoms with Crippen LogP contribution in [-0.4, -0.2) is 63.6 Å². The van der Waals surface area contributed by atoms with Crippen LogP contribution in [0.5, 0.6) is 11.5 Å². The second kappa shape index (κ2) is 9.18. The molecule has 1 saturated heterocycles. The van der Waals surface area contributed by atoms with Gasteiger partial charge in [0.15, 0.2) is 23.2 Å². The highest BCUT2D eigenvalue weighted by Gasteiger charge is 2.26. The Morgan fingerprint density at radius 2 is 1.94 bits per heavy atom. The van der Waals surface area contributed by atoms with Gasteiger partial charge < -0.3 is 14.2 Å². The van der Waals surface area contributed by atoms with E-state index in [1.807, 2.05) is 0 Å². The SMILES string of the molecule is COc1ccccc1OCC(=O)Nc1nc2ccc(S(=O)(=O)N3CCOCC3)cc2s1. The van der Waals surface area contributed by atoms with Crippen LogP contribution in [0.25, 0.3) is 10.2 Å². The third-order valence-corrected chi connectivity index (χ3v) is 7.47. The number of para-hydroxylation sites is 2. The summed E-state index contributed by atoms with van der Waals surface area (Å²) in [6.45, 7) is 1.21. The first-order valence-electron chi connectivity index (χ1n) is 9.51. The van der Waals surface area contributed by atoms with Gasteiger partial charge in [-0.1, -0.05) is 23.5 Å². The number of carbonyl (C=O) groups is 1. The van der Waals surface area contributed by atoms with Crippen LogP contribution >= 0.6 is 11.3 Å². The molecule has 0 radical (unpaired) electrons. The highest BCUT2D eigenvalue weighted by molar-refractivity contribution is 7.89. The average molecular weight is 464 g/mol. The monoisotopic (exact) mass is 463 g/mol. The smallest absolute Gasteiger partial charge is 0.264 e. The molecule has 4 rings (SSSR count). The van der Waals surface area contributed by atoms with Crippen LogP contribution in [0.15, 0.2) is 47.4 Å². The maximum Gasteiger partial charge on any atom is 0.264 e. The van der Waals surface area contributed by atoms with E-state index in [1.165, 1.54) is 28.8 Å². The van der Waals surface area contributed by atoms with E-state index >= 15 is 0 Å². The minimum atomic E-state index is -3.60. The van der Waals surface area contributed by atoms with Gasteiger partial charge in [-0.05, 0) is 30.3 Å². The van der Waals surface area contributed by atoms with Gasteiger partial charge in [-0.3, -0.25) is 10.1 Å². The number of aromatic nitrogens is 1. The zero-order valence-corrected chi connectivity index (χ0v) is 18.4. The largest absolute Gasteiger partial charge is 0.493 e. The minimum absolute atomic E-state index is 0.197. The zero-order valence-electron chi connectivity index (χ0n) is 16.7. The van der Waals surface area contributed by atoms with Crippen molar-refractivity contribution in [2.75, 3.05) is 45.3 Å². The van der Waals surface area contributed by atoms with Crippen molar-refractivity contribution in [2.24, 2.45) is 0 Å². The second-order valence-corrected chi connectivity index (χ2v) is 9.62. The first-order chi connectivity index (χ1) is 15.0. The Hall–Kier alpha value is -2.73. The van der Waals surface area contributed by atoms with E-state index in [0.717, 1.165) is 0 Å². The standard InChI is InChI=1S/C20H21N3O6S2/c1-27-16-4-2-3-5-17(16)29-13-19(24)22-20-21-15-7-6-14(12-18(15)30-20)31(25,26)23-8-10-28-11-9-23/h2-7,12H,8-11,13H2,1H3,(H,21,22,24). The lowest BCUT2D eigenvalue weighted by Gasteiger charge is -2.25. The van der Waals surface area contributed by atoms with E-state index in [0.29, 0.717) is 53.2 Å². The molecule has 0 spiro atoms. The molecule has 9 nitrogen and oxygen atoms in total. The second-order valence-electron chi connectivity index (χ2n) is 6.65. The van der Waals surface area contributed by atoms with Crippen LogP contribution in [0.2, 0.25) is 0 Å². The van der Waals surface area contributed by atoms with Gasteiger partial charge in [-0.2, -0.15) is 4.31 Å². The lowest BCUT2D eigenvalue weighted by Crippen LogP contribution is -2.40. The van der Waals surface area contributed by atoms with E-state index < -0.39 is 10.0 Å². The topological polar surface area (TPSA) is 107 Å². The predicted molar refractivity (Wildman–Crippen MR) is 116 cm³/mol. The maximum absolute atomic E-state index is 12.8. The molecule has 1 aliphatic rings. The molecular weight excluding hydrogens is 442 g/mol. The lowest BCUT2D eigenvalue weighted by atomic mass is 10.3. The molecule has 1 aliphatic heterocycles. The van der Waals surface area contributed by atoms with Gasteiger partial charge in [0.2, 0.25) is 10.0 Å². The van der Waals surface area contributed by atoms with Gasteiger partial charge in [-0.25, -0.2) is 13.4 Å². The number of hydrogen-bond donors (Lipinski definition) is 1. The molecule has 0 bridgehead atoms. The molecule has 0 unspecified atom stereocenters. The zero-order chi connectivity index (χ0) is 21.8. The summed E-state index contributed by atoms with van der Waals surface area (Å²) in [4.78, 5) is 16.8. The third kappa shape index (κ3) is 4.79. The number of anilines is 1.